The second-order valence-corrected chi connectivity index (χ2v) is 7.49. The van der Waals surface area contributed by atoms with E-state index in [1.165, 1.54) is 11.1 Å². The zero-order valence-corrected chi connectivity index (χ0v) is 16.2. The van der Waals surface area contributed by atoms with E-state index in [1.807, 2.05) is 12.1 Å². The Bertz CT molecular complexity index is 848. The van der Waals surface area contributed by atoms with Crippen molar-refractivity contribution in [1.29, 1.82) is 0 Å². The summed E-state index contributed by atoms with van der Waals surface area (Å²) in [6.45, 7) is 5.09. The summed E-state index contributed by atoms with van der Waals surface area (Å²) >= 11 is 0. The zero-order chi connectivity index (χ0) is 19.2. The van der Waals surface area contributed by atoms with Gasteiger partial charge in [0.25, 0.3) is 0 Å². The molecule has 3 aromatic rings. The van der Waals surface area contributed by atoms with Crippen molar-refractivity contribution in [3.8, 4) is 11.3 Å². The molecule has 0 saturated carbocycles. The van der Waals surface area contributed by atoms with E-state index in [1.54, 1.807) is 6.26 Å². The first-order chi connectivity index (χ1) is 13.8. The maximum atomic E-state index is 9.59. The lowest BCUT2D eigenvalue weighted by atomic mass is 10.0. The molecule has 1 saturated heterocycles. The summed E-state index contributed by atoms with van der Waals surface area (Å²) < 4.78 is 5.63. The van der Waals surface area contributed by atoms with Gasteiger partial charge in [-0.25, -0.2) is 0 Å². The predicted molar refractivity (Wildman–Crippen MR) is 112 cm³/mol. The number of rotatable bonds is 7. The third-order valence-corrected chi connectivity index (χ3v) is 5.58. The number of hydrogen-bond donors (Lipinski definition) is 1. The Kier molecular flexibility index (Phi) is 6.22. The monoisotopic (exact) mass is 376 g/mol. The van der Waals surface area contributed by atoms with Gasteiger partial charge in [0.1, 0.15) is 5.76 Å². The minimum absolute atomic E-state index is 0.229. The minimum Gasteiger partial charge on any atom is -0.464 e. The normalized spacial score (nSPS) is 18.4. The standard InChI is InChI=1S/C24H28N2O2/c27-15-12-22-19-25(13-14-26(22)17-20-7-2-1-3-8-20)18-21-9-4-5-10-23(21)24-11-6-16-28-24/h1-11,16,22,27H,12-15,17-19H2/t22-/m1/s1. The van der Waals surface area contributed by atoms with Crippen LogP contribution in [-0.2, 0) is 13.1 Å². The first kappa shape index (κ1) is 18.9. The van der Waals surface area contributed by atoms with Gasteiger partial charge < -0.3 is 9.52 Å². The van der Waals surface area contributed by atoms with Gasteiger partial charge in [0.15, 0.2) is 0 Å². The molecule has 2 heterocycles. The molecule has 1 aliphatic heterocycles. The highest BCUT2D eigenvalue weighted by atomic mass is 16.3. The quantitative estimate of drug-likeness (QED) is 0.676. The van der Waals surface area contributed by atoms with Gasteiger partial charge >= 0.3 is 0 Å². The fraction of sp³-hybridized carbons (Fsp3) is 0.333. The SMILES string of the molecule is OCC[C@@H]1CN(Cc2ccccc2-c2ccco2)CCN1Cc1ccccc1. The maximum absolute atomic E-state index is 9.59. The topological polar surface area (TPSA) is 39.9 Å². The van der Waals surface area contributed by atoms with Crippen molar-refractivity contribution < 1.29 is 9.52 Å². The summed E-state index contributed by atoms with van der Waals surface area (Å²) in [5.41, 5.74) is 3.79. The molecular formula is C24H28N2O2. The number of aliphatic hydroxyl groups excluding tert-OH is 1. The minimum atomic E-state index is 0.229. The highest BCUT2D eigenvalue weighted by Crippen LogP contribution is 2.26. The Hall–Kier alpha value is -2.40. The maximum Gasteiger partial charge on any atom is 0.134 e. The molecule has 0 spiro atoms. The van der Waals surface area contributed by atoms with Crippen LogP contribution in [0, 0.1) is 0 Å². The van der Waals surface area contributed by atoms with Crippen molar-refractivity contribution in [3.63, 3.8) is 0 Å². The van der Waals surface area contributed by atoms with E-state index in [4.69, 9.17) is 4.42 Å². The molecule has 1 fully saturated rings. The fourth-order valence-electron chi connectivity index (χ4n) is 4.12. The molecule has 0 radical (unpaired) electrons. The van der Waals surface area contributed by atoms with Gasteiger partial charge in [0.05, 0.1) is 6.26 Å². The van der Waals surface area contributed by atoms with Crippen LogP contribution in [0.4, 0.5) is 0 Å². The van der Waals surface area contributed by atoms with E-state index in [9.17, 15) is 5.11 Å². The van der Waals surface area contributed by atoms with Crippen LogP contribution in [0.15, 0.2) is 77.4 Å². The second-order valence-electron chi connectivity index (χ2n) is 7.49. The van der Waals surface area contributed by atoms with Crippen molar-refractivity contribution in [3.05, 3.63) is 84.1 Å². The Morgan fingerprint density at radius 3 is 2.50 bits per heavy atom. The number of aliphatic hydroxyl groups is 1. The molecule has 0 bridgehead atoms. The van der Waals surface area contributed by atoms with E-state index in [0.717, 1.165) is 50.5 Å². The van der Waals surface area contributed by atoms with Crippen LogP contribution in [-0.4, -0.2) is 47.2 Å². The van der Waals surface area contributed by atoms with Crippen LogP contribution < -0.4 is 0 Å². The first-order valence-electron chi connectivity index (χ1n) is 10.1. The van der Waals surface area contributed by atoms with Crippen molar-refractivity contribution in [2.45, 2.75) is 25.6 Å². The lowest BCUT2D eigenvalue weighted by Crippen LogP contribution is -2.52. The number of piperazine rings is 1. The summed E-state index contributed by atoms with van der Waals surface area (Å²) in [4.78, 5) is 5.02. The number of nitrogens with zero attached hydrogens (tertiary/aromatic N) is 2. The average molecular weight is 377 g/mol. The van der Waals surface area contributed by atoms with Gasteiger partial charge in [-0.2, -0.15) is 0 Å². The number of hydrogen-bond acceptors (Lipinski definition) is 4. The highest BCUT2D eigenvalue weighted by molar-refractivity contribution is 5.61. The van der Waals surface area contributed by atoms with Crippen LogP contribution in [0.3, 0.4) is 0 Å². The van der Waals surface area contributed by atoms with Crippen LogP contribution in [0.25, 0.3) is 11.3 Å². The van der Waals surface area contributed by atoms with Gasteiger partial charge in [0.2, 0.25) is 0 Å². The summed E-state index contributed by atoms with van der Waals surface area (Å²) in [6, 6.07) is 23.4. The second kappa shape index (κ2) is 9.20. The van der Waals surface area contributed by atoms with Crippen LogP contribution in [0.2, 0.25) is 0 Å². The van der Waals surface area contributed by atoms with E-state index < -0.39 is 0 Å². The molecular weight excluding hydrogens is 348 g/mol. The smallest absolute Gasteiger partial charge is 0.134 e. The zero-order valence-electron chi connectivity index (χ0n) is 16.2. The van der Waals surface area contributed by atoms with Gasteiger partial charge in [-0.15, -0.1) is 0 Å². The van der Waals surface area contributed by atoms with E-state index in [2.05, 4.69) is 64.4 Å². The lowest BCUT2D eigenvalue weighted by molar-refractivity contribution is 0.0500. The number of benzene rings is 2. The molecule has 2 aromatic carbocycles. The van der Waals surface area contributed by atoms with Crippen LogP contribution in [0.5, 0.6) is 0 Å². The van der Waals surface area contributed by atoms with Crippen molar-refractivity contribution >= 4 is 0 Å². The molecule has 0 unspecified atom stereocenters. The third kappa shape index (κ3) is 4.53. The summed E-state index contributed by atoms with van der Waals surface area (Å²) in [5, 5.41) is 9.59. The molecule has 1 aliphatic rings. The predicted octanol–water partition coefficient (Wildman–Crippen LogP) is 4.02. The molecule has 146 valence electrons. The molecule has 1 atom stereocenters. The lowest BCUT2D eigenvalue weighted by Gasteiger charge is -2.41. The highest BCUT2D eigenvalue weighted by Gasteiger charge is 2.27. The molecule has 4 nitrogen and oxygen atoms in total. The van der Waals surface area contributed by atoms with Crippen molar-refractivity contribution in [2.75, 3.05) is 26.2 Å². The van der Waals surface area contributed by atoms with Crippen LogP contribution in [0.1, 0.15) is 17.5 Å². The molecule has 0 amide bonds. The Labute approximate surface area is 167 Å². The average Bonchev–Trinajstić information content (AvgIpc) is 3.26. The Balaban J connectivity index is 1.45. The fourth-order valence-corrected chi connectivity index (χ4v) is 4.12. The summed E-state index contributed by atoms with van der Waals surface area (Å²) in [6.07, 6.45) is 2.54. The molecule has 1 aromatic heterocycles. The van der Waals surface area contributed by atoms with Crippen molar-refractivity contribution in [2.24, 2.45) is 0 Å². The first-order valence-corrected chi connectivity index (χ1v) is 10.1. The van der Waals surface area contributed by atoms with E-state index in [0.29, 0.717) is 6.04 Å². The largest absolute Gasteiger partial charge is 0.464 e. The third-order valence-electron chi connectivity index (χ3n) is 5.58. The van der Waals surface area contributed by atoms with Crippen LogP contribution >= 0.6 is 0 Å². The van der Waals surface area contributed by atoms with Gasteiger partial charge in [-0.3, -0.25) is 9.80 Å². The van der Waals surface area contributed by atoms with E-state index >= 15 is 0 Å². The number of furan rings is 1. The Morgan fingerprint density at radius 2 is 1.71 bits per heavy atom. The summed E-state index contributed by atoms with van der Waals surface area (Å²) in [5.74, 6) is 0.922. The van der Waals surface area contributed by atoms with Crippen molar-refractivity contribution in [1.82, 2.24) is 9.80 Å². The molecule has 28 heavy (non-hydrogen) atoms. The molecule has 1 N–H and O–H groups in total. The Morgan fingerprint density at radius 1 is 0.893 bits per heavy atom. The molecule has 0 aliphatic carbocycles. The summed E-state index contributed by atoms with van der Waals surface area (Å²) in [7, 11) is 0. The molecule has 4 rings (SSSR count). The van der Waals surface area contributed by atoms with Gasteiger partial charge in [-0.05, 0) is 29.7 Å². The van der Waals surface area contributed by atoms with Gasteiger partial charge in [0, 0.05) is 50.9 Å². The molecule has 4 heteroatoms. The van der Waals surface area contributed by atoms with Gasteiger partial charge in [-0.1, -0.05) is 54.6 Å². The van der Waals surface area contributed by atoms with E-state index in [-0.39, 0.29) is 6.61 Å².